The first-order chi connectivity index (χ1) is 6.65. The maximum Gasteiger partial charge on any atom is 0.0408 e. The van der Waals surface area contributed by atoms with Gasteiger partial charge in [-0.2, -0.15) is 0 Å². The molecule has 1 aromatic carbocycles. The quantitative estimate of drug-likeness (QED) is 0.805. The average Bonchev–Trinajstić information content (AvgIpc) is 2.14. The molecule has 2 nitrogen and oxygen atoms in total. The average molecular weight is 213 g/mol. The lowest BCUT2D eigenvalue weighted by atomic mass is 9.98. The molecule has 0 saturated heterocycles. The fraction of sp³-hybridized carbons (Fsp3) is 0.455. The highest BCUT2D eigenvalue weighted by Gasteiger charge is 2.08. The van der Waals surface area contributed by atoms with Crippen molar-refractivity contribution in [2.24, 2.45) is 11.5 Å². The molecule has 78 valence electrons. The summed E-state index contributed by atoms with van der Waals surface area (Å²) in [6.45, 7) is 2.73. The van der Waals surface area contributed by atoms with Crippen LogP contribution in [0.3, 0.4) is 0 Å². The Morgan fingerprint density at radius 2 is 2.14 bits per heavy atom. The Bertz CT molecular complexity index is 299. The van der Waals surface area contributed by atoms with Crippen molar-refractivity contribution < 1.29 is 0 Å². The molecule has 0 aromatic heterocycles. The van der Waals surface area contributed by atoms with Gasteiger partial charge in [0.15, 0.2) is 0 Å². The van der Waals surface area contributed by atoms with Gasteiger partial charge in [-0.25, -0.2) is 0 Å². The molecule has 0 heterocycles. The second-order valence-corrected chi connectivity index (χ2v) is 3.97. The molecular weight excluding hydrogens is 196 g/mol. The highest BCUT2D eigenvalue weighted by atomic mass is 35.5. The van der Waals surface area contributed by atoms with Crippen LogP contribution in [0.5, 0.6) is 0 Å². The maximum absolute atomic E-state index is 6.03. The van der Waals surface area contributed by atoms with E-state index in [9.17, 15) is 0 Å². The second-order valence-electron chi connectivity index (χ2n) is 3.54. The standard InChI is InChI=1S/C11H17ClN2/c1-8-7-9(12)4-5-10(8)11(14)3-2-6-13/h4-5,7,11H,2-3,6,13-14H2,1H3/t11-/m0/s1. The first-order valence-corrected chi connectivity index (χ1v) is 5.24. The van der Waals surface area contributed by atoms with Crippen molar-refractivity contribution in [2.45, 2.75) is 25.8 Å². The third-order valence-electron chi connectivity index (χ3n) is 2.35. The Morgan fingerprint density at radius 1 is 1.43 bits per heavy atom. The van der Waals surface area contributed by atoms with E-state index < -0.39 is 0 Å². The van der Waals surface area contributed by atoms with Crippen LogP contribution in [0, 0.1) is 6.92 Å². The zero-order chi connectivity index (χ0) is 10.6. The smallest absolute Gasteiger partial charge is 0.0408 e. The van der Waals surface area contributed by atoms with Crippen molar-refractivity contribution in [3.8, 4) is 0 Å². The van der Waals surface area contributed by atoms with Gasteiger partial charge in [0, 0.05) is 11.1 Å². The Morgan fingerprint density at radius 3 is 2.71 bits per heavy atom. The molecule has 0 radical (unpaired) electrons. The summed E-state index contributed by atoms with van der Waals surface area (Å²) in [6.07, 6.45) is 1.89. The summed E-state index contributed by atoms with van der Waals surface area (Å²) in [5.41, 5.74) is 13.8. The van der Waals surface area contributed by atoms with E-state index >= 15 is 0 Å². The topological polar surface area (TPSA) is 52.0 Å². The minimum atomic E-state index is 0.0795. The van der Waals surface area contributed by atoms with Crippen LogP contribution in [0.4, 0.5) is 0 Å². The normalized spacial score (nSPS) is 12.9. The van der Waals surface area contributed by atoms with E-state index in [0.29, 0.717) is 6.54 Å². The Labute approximate surface area is 90.2 Å². The largest absolute Gasteiger partial charge is 0.330 e. The van der Waals surface area contributed by atoms with Crippen molar-refractivity contribution in [1.82, 2.24) is 0 Å². The minimum Gasteiger partial charge on any atom is -0.330 e. The molecule has 1 atom stereocenters. The van der Waals surface area contributed by atoms with Crippen molar-refractivity contribution in [3.05, 3.63) is 34.3 Å². The van der Waals surface area contributed by atoms with Gasteiger partial charge in [0.25, 0.3) is 0 Å². The summed E-state index contributed by atoms with van der Waals surface area (Å²) in [6, 6.07) is 5.90. The maximum atomic E-state index is 6.03. The molecule has 0 fully saturated rings. The molecule has 0 aliphatic carbocycles. The Hall–Kier alpha value is -0.570. The monoisotopic (exact) mass is 212 g/mol. The molecule has 4 N–H and O–H groups in total. The van der Waals surface area contributed by atoms with Gasteiger partial charge in [0.1, 0.15) is 0 Å². The van der Waals surface area contributed by atoms with E-state index in [-0.39, 0.29) is 6.04 Å². The predicted octanol–water partition coefficient (Wildman–Crippen LogP) is 2.39. The first-order valence-electron chi connectivity index (χ1n) is 4.87. The fourth-order valence-electron chi connectivity index (χ4n) is 1.55. The number of aryl methyl sites for hydroxylation is 1. The third-order valence-corrected chi connectivity index (χ3v) is 2.59. The molecule has 0 saturated carbocycles. The molecule has 14 heavy (non-hydrogen) atoms. The van der Waals surface area contributed by atoms with Crippen molar-refractivity contribution >= 4 is 11.6 Å². The lowest BCUT2D eigenvalue weighted by Gasteiger charge is -2.14. The number of benzene rings is 1. The number of nitrogens with two attached hydrogens (primary N) is 2. The van der Waals surface area contributed by atoms with Crippen LogP contribution in [0.2, 0.25) is 5.02 Å². The second kappa shape index (κ2) is 5.35. The highest BCUT2D eigenvalue weighted by molar-refractivity contribution is 6.30. The molecule has 0 amide bonds. The van der Waals surface area contributed by atoms with Gasteiger partial charge in [-0.3, -0.25) is 0 Å². The first kappa shape index (κ1) is 11.5. The van der Waals surface area contributed by atoms with Gasteiger partial charge in [0.05, 0.1) is 0 Å². The van der Waals surface area contributed by atoms with Gasteiger partial charge in [-0.1, -0.05) is 17.7 Å². The zero-order valence-electron chi connectivity index (χ0n) is 8.46. The molecular formula is C11H17ClN2. The number of hydrogen-bond acceptors (Lipinski definition) is 2. The summed E-state index contributed by atoms with van der Waals surface area (Å²) in [7, 11) is 0. The van der Waals surface area contributed by atoms with E-state index in [0.717, 1.165) is 23.4 Å². The summed E-state index contributed by atoms with van der Waals surface area (Å²) in [5, 5.41) is 0.761. The van der Waals surface area contributed by atoms with Crippen LogP contribution in [0.15, 0.2) is 18.2 Å². The van der Waals surface area contributed by atoms with E-state index in [1.54, 1.807) is 0 Å². The van der Waals surface area contributed by atoms with Crippen LogP contribution < -0.4 is 11.5 Å². The van der Waals surface area contributed by atoms with Gasteiger partial charge in [0.2, 0.25) is 0 Å². The van der Waals surface area contributed by atoms with Gasteiger partial charge >= 0.3 is 0 Å². The van der Waals surface area contributed by atoms with E-state index in [2.05, 4.69) is 0 Å². The highest BCUT2D eigenvalue weighted by Crippen LogP contribution is 2.22. The molecule has 0 aliphatic rings. The van der Waals surface area contributed by atoms with Crippen LogP contribution in [0.25, 0.3) is 0 Å². The lowest BCUT2D eigenvalue weighted by molar-refractivity contribution is 0.615. The van der Waals surface area contributed by atoms with Crippen LogP contribution in [-0.2, 0) is 0 Å². The minimum absolute atomic E-state index is 0.0795. The van der Waals surface area contributed by atoms with Crippen LogP contribution in [-0.4, -0.2) is 6.54 Å². The predicted molar refractivity (Wildman–Crippen MR) is 61.4 cm³/mol. The SMILES string of the molecule is Cc1cc(Cl)ccc1[C@@H](N)CCCN. The molecule has 3 heteroatoms. The molecule has 0 spiro atoms. The molecule has 0 aliphatic heterocycles. The lowest BCUT2D eigenvalue weighted by Crippen LogP contribution is -2.13. The van der Waals surface area contributed by atoms with Crippen molar-refractivity contribution in [3.63, 3.8) is 0 Å². The number of hydrogen-bond donors (Lipinski definition) is 2. The Balaban J connectivity index is 2.74. The third kappa shape index (κ3) is 2.98. The number of halogens is 1. The molecule has 1 rings (SSSR count). The van der Waals surface area contributed by atoms with Crippen LogP contribution in [0.1, 0.15) is 30.0 Å². The molecule has 0 unspecified atom stereocenters. The summed E-state index contributed by atoms with van der Waals surface area (Å²) in [4.78, 5) is 0. The van der Waals surface area contributed by atoms with Gasteiger partial charge in [-0.15, -0.1) is 0 Å². The summed E-state index contributed by atoms with van der Waals surface area (Å²) in [5.74, 6) is 0. The van der Waals surface area contributed by atoms with Crippen LogP contribution >= 0.6 is 11.6 Å². The fourth-order valence-corrected chi connectivity index (χ4v) is 1.78. The number of rotatable bonds is 4. The van der Waals surface area contributed by atoms with Gasteiger partial charge in [-0.05, 0) is 49.6 Å². The van der Waals surface area contributed by atoms with E-state index in [1.165, 1.54) is 5.56 Å². The summed E-state index contributed by atoms with van der Waals surface area (Å²) >= 11 is 5.87. The van der Waals surface area contributed by atoms with Crippen molar-refractivity contribution in [1.29, 1.82) is 0 Å². The molecule has 1 aromatic rings. The van der Waals surface area contributed by atoms with Gasteiger partial charge < -0.3 is 11.5 Å². The zero-order valence-corrected chi connectivity index (χ0v) is 9.22. The summed E-state index contributed by atoms with van der Waals surface area (Å²) < 4.78 is 0. The van der Waals surface area contributed by atoms with E-state index in [1.807, 2.05) is 25.1 Å². The Kier molecular flexibility index (Phi) is 4.39. The van der Waals surface area contributed by atoms with Crippen molar-refractivity contribution in [2.75, 3.05) is 6.54 Å². The molecule has 0 bridgehead atoms. The van der Waals surface area contributed by atoms with E-state index in [4.69, 9.17) is 23.1 Å².